The summed E-state index contributed by atoms with van der Waals surface area (Å²) in [6.45, 7) is 3.04. The van der Waals surface area contributed by atoms with Crippen molar-refractivity contribution in [3.63, 3.8) is 0 Å². The molecule has 0 aromatic carbocycles. The topological polar surface area (TPSA) is 92.4 Å². The Hall–Kier alpha value is -0.470. The van der Waals surface area contributed by atoms with Crippen LogP contribution in [0.1, 0.15) is 44.1 Å². The van der Waals surface area contributed by atoms with Gasteiger partial charge in [-0.15, -0.1) is 11.3 Å². The van der Waals surface area contributed by atoms with Crippen LogP contribution in [0.5, 0.6) is 0 Å². The van der Waals surface area contributed by atoms with Crippen molar-refractivity contribution in [2.45, 2.75) is 48.8 Å². The Labute approximate surface area is 130 Å². The van der Waals surface area contributed by atoms with Crippen LogP contribution < -0.4 is 10.5 Å². The molecule has 7 heteroatoms. The number of hydrogen-bond acceptors (Lipinski definition) is 5. The average Bonchev–Trinajstić information content (AvgIpc) is 2.91. The van der Waals surface area contributed by atoms with E-state index in [0.717, 1.165) is 43.6 Å². The molecular weight excluding hydrogens is 308 g/mol. The van der Waals surface area contributed by atoms with Gasteiger partial charge in [0.1, 0.15) is 4.21 Å². The molecule has 1 atom stereocenters. The third-order valence-electron chi connectivity index (χ3n) is 4.35. The van der Waals surface area contributed by atoms with Crippen molar-refractivity contribution in [2.75, 3.05) is 13.2 Å². The van der Waals surface area contributed by atoms with Crippen molar-refractivity contribution in [3.8, 4) is 0 Å². The largest absolute Gasteiger partial charge is 0.396 e. The molecular formula is C14H24N2O3S2. The van der Waals surface area contributed by atoms with Gasteiger partial charge in [-0.1, -0.05) is 6.92 Å². The first-order chi connectivity index (χ1) is 9.97. The number of nitrogens with two attached hydrogens (primary N) is 1. The summed E-state index contributed by atoms with van der Waals surface area (Å²) in [5, 5.41) is 20.2. The maximum absolute atomic E-state index is 11.7. The highest BCUT2D eigenvalue weighted by Crippen LogP contribution is 2.39. The Morgan fingerprint density at radius 1 is 1.43 bits per heavy atom. The maximum Gasteiger partial charge on any atom is 0.247 e. The summed E-state index contributed by atoms with van der Waals surface area (Å²) >= 11 is 1.14. The lowest BCUT2D eigenvalue weighted by atomic mass is 9.76. The van der Waals surface area contributed by atoms with E-state index in [1.807, 2.05) is 0 Å². The van der Waals surface area contributed by atoms with Crippen LogP contribution >= 0.6 is 11.3 Å². The van der Waals surface area contributed by atoms with Gasteiger partial charge in [0.2, 0.25) is 10.0 Å². The van der Waals surface area contributed by atoms with Crippen LogP contribution in [-0.4, -0.2) is 32.7 Å². The van der Waals surface area contributed by atoms with Gasteiger partial charge in [0.25, 0.3) is 0 Å². The second-order valence-corrected chi connectivity index (χ2v) is 8.34. The highest BCUT2D eigenvalue weighted by Gasteiger charge is 2.31. The van der Waals surface area contributed by atoms with Crippen molar-refractivity contribution in [2.24, 2.45) is 11.1 Å². The van der Waals surface area contributed by atoms with Gasteiger partial charge < -0.3 is 10.4 Å². The van der Waals surface area contributed by atoms with Gasteiger partial charge in [0.05, 0.1) is 6.61 Å². The van der Waals surface area contributed by atoms with Crippen LogP contribution in [-0.2, 0) is 10.0 Å². The van der Waals surface area contributed by atoms with E-state index < -0.39 is 10.0 Å². The van der Waals surface area contributed by atoms with Crippen LogP contribution in [0.25, 0.3) is 0 Å². The molecule has 0 radical (unpaired) electrons. The Kier molecular flexibility index (Phi) is 5.79. The van der Waals surface area contributed by atoms with Gasteiger partial charge >= 0.3 is 0 Å². The summed E-state index contributed by atoms with van der Waals surface area (Å²) in [7, 11) is -3.71. The smallest absolute Gasteiger partial charge is 0.247 e. The number of nitrogens with one attached hydrogen (secondary N) is 1. The van der Waals surface area contributed by atoms with E-state index in [4.69, 9.17) is 5.14 Å². The van der Waals surface area contributed by atoms with E-state index in [1.165, 1.54) is 0 Å². The third kappa shape index (κ3) is 4.04. The number of hydrogen-bond donors (Lipinski definition) is 3. The third-order valence-corrected chi connectivity index (χ3v) is 6.81. The molecule has 0 unspecified atom stereocenters. The molecule has 1 saturated carbocycles. The first-order valence-corrected chi connectivity index (χ1v) is 9.84. The zero-order valence-electron chi connectivity index (χ0n) is 12.3. The van der Waals surface area contributed by atoms with Crippen molar-refractivity contribution >= 4 is 21.4 Å². The molecule has 0 amide bonds. The highest BCUT2D eigenvalue weighted by atomic mass is 32.2. The predicted octanol–water partition coefficient (Wildman–Crippen LogP) is 1.64. The normalized spacial score (nSPS) is 24.9. The van der Waals surface area contributed by atoms with E-state index in [2.05, 4.69) is 12.2 Å². The SMILES string of the molecule is CCNC1CCC([C@H](CO)c2ccsc2S(N)(=O)=O)CC1. The molecule has 1 aromatic rings. The zero-order valence-corrected chi connectivity index (χ0v) is 13.9. The summed E-state index contributed by atoms with van der Waals surface area (Å²) in [6.07, 6.45) is 4.15. The minimum Gasteiger partial charge on any atom is -0.396 e. The molecule has 1 fully saturated rings. The molecule has 1 aromatic heterocycles. The Morgan fingerprint density at radius 3 is 2.62 bits per heavy atom. The van der Waals surface area contributed by atoms with Crippen LogP contribution in [0.2, 0.25) is 0 Å². The van der Waals surface area contributed by atoms with Crippen molar-refractivity contribution in [3.05, 3.63) is 17.0 Å². The van der Waals surface area contributed by atoms with Gasteiger partial charge in [-0.3, -0.25) is 0 Å². The zero-order chi connectivity index (χ0) is 15.5. The van der Waals surface area contributed by atoms with Gasteiger partial charge in [-0.05, 0) is 55.2 Å². The van der Waals surface area contributed by atoms with E-state index in [-0.39, 0.29) is 16.7 Å². The van der Waals surface area contributed by atoms with Gasteiger partial charge in [-0.2, -0.15) is 0 Å². The second-order valence-electron chi connectivity index (χ2n) is 5.67. The molecule has 5 nitrogen and oxygen atoms in total. The number of thiophene rings is 1. The average molecular weight is 332 g/mol. The number of aliphatic hydroxyl groups is 1. The fraction of sp³-hybridized carbons (Fsp3) is 0.714. The fourth-order valence-electron chi connectivity index (χ4n) is 3.33. The second kappa shape index (κ2) is 7.19. The monoisotopic (exact) mass is 332 g/mol. The summed E-state index contributed by atoms with van der Waals surface area (Å²) in [5.74, 6) is 0.187. The fourth-order valence-corrected chi connectivity index (χ4v) is 5.27. The molecule has 0 bridgehead atoms. The lowest BCUT2D eigenvalue weighted by Crippen LogP contribution is -2.35. The highest BCUT2D eigenvalue weighted by molar-refractivity contribution is 7.91. The summed E-state index contributed by atoms with van der Waals surface area (Å²) in [4.78, 5) is 0. The number of aliphatic hydroxyl groups excluding tert-OH is 1. The van der Waals surface area contributed by atoms with E-state index in [1.54, 1.807) is 11.4 Å². The molecule has 0 spiro atoms. The maximum atomic E-state index is 11.7. The predicted molar refractivity (Wildman–Crippen MR) is 84.9 cm³/mol. The molecule has 4 N–H and O–H groups in total. The van der Waals surface area contributed by atoms with Crippen LogP contribution in [0.4, 0.5) is 0 Å². The Morgan fingerprint density at radius 2 is 2.10 bits per heavy atom. The molecule has 0 aliphatic heterocycles. The lowest BCUT2D eigenvalue weighted by molar-refractivity contribution is 0.183. The minimum absolute atomic E-state index is 0.0320. The van der Waals surface area contributed by atoms with Crippen LogP contribution in [0.3, 0.4) is 0 Å². The molecule has 1 aliphatic rings. The summed E-state index contributed by atoms with van der Waals surface area (Å²) in [6, 6.07) is 2.34. The molecule has 1 heterocycles. The standard InChI is InChI=1S/C14H24N2O3S2/c1-2-16-11-5-3-10(4-6-11)13(9-17)12-7-8-20-14(12)21(15,18)19/h7-8,10-11,13,16-17H,2-6,9H2,1H3,(H2,15,18,19)/t10?,11?,13-/m0/s1. The molecule has 0 saturated heterocycles. The lowest BCUT2D eigenvalue weighted by Gasteiger charge is -2.33. The molecule has 2 rings (SSSR count). The van der Waals surface area contributed by atoms with Crippen molar-refractivity contribution < 1.29 is 13.5 Å². The number of primary sulfonamides is 1. The Balaban J connectivity index is 2.13. The Bertz CT molecular complexity index is 548. The van der Waals surface area contributed by atoms with Crippen LogP contribution in [0.15, 0.2) is 15.7 Å². The number of sulfonamides is 1. The van der Waals surface area contributed by atoms with Gasteiger partial charge in [0, 0.05) is 12.0 Å². The van der Waals surface area contributed by atoms with Crippen molar-refractivity contribution in [1.29, 1.82) is 0 Å². The van der Waals surface area contributed by atoms with Crippen LogP contribution in [0, 0.1) is 5.92 Å². The van der Waals surface area contributed by atoms with E-state index in [9.17, 15) is 13.5 Å². The molecule has 1 aliphatic carbocycles. The summed E-state index contributed by atoms with van der Waals surface area (Å²) in [5.41, 5.74) is 0.692. The van der Waals surface area contributed by atoms with Crippen molar-refractivity contribution in [1.82, 2.24) is 5.32 Å². The first kappa shape index (κ1) is 16.9. The van der Waals surface area contributed by atoms with Gasteiger partial charge in [-0.25, -0.2) is 13.6 Å². The van der Waals surface area contributed by atoms with Gasteiger partial charge in [0.15, 0.2) is 0 Å². The quantitative estimate of drug-likeness (QED) is 0.738. The minimum atomic E-state index is -3.71. The molecule has 21 heavy (non-hydrogen) atoms. The van der Waals surface area contributed by atoms with E-state index >= 15 is 0 Å². The van der Waals surface area contributed by atoms with E-state index in [0.29, 0.717) is 17.5 Å². The number of rotatable bonds is 6. The summed E-state index contributed by atoms with van der Waals surface area (Å²) < 4.78 is 23.5. The molecule has 120 valence electrons. The first-order valence-electron chi connectivity index (χ1n) is 7.41.